The summed E-state index contributed by atoms with van der Waals surface area (Å²) in [6, 6.07) is 9.49. The first-order chi connectivity index (χ1) is 17.7. The number of carbonyl (C=O) groups excluding carboxylic acids is 2. The van der Waals surface area contributed by atoms with Gasteiger partial charge in [0.15, 0.2) is 0 Å². The van der Waals surface area contributed by atoms with E-state index in [2.05, 4.69) is 10.6 Å². The van der Waals surface area contributed by atoms with Gasteiger partial charge in [0, 0.05) is 46.3 Å². The van der Waals surface area contributed by atoms with Crippen LogP contribution in [0.5, 0.6) is 0 Å². The number of nitrogens with one attached hydrogen (secondary N) is 2. The van der Waals surface area contributed by atoms with E-state index in [4.69, 9.17) is 20.4 Å². The van der Waals surface area contributed by atoms with Gasteiger partial charge in [-0.1, -0.05) is 23.7 Å². The third-order valence-electron chi connectivity index (χ3n) is 7.13. The lowest BCUT2D eigenvalue weighted by Gasteiger charge is -2.18. The van der Waals surface area contributed by atoms with E-state index in [1.165, 1.54) is 0 Å². The average Bonchev–Trinajstić information content (AvgIpc) is 3.60. The summed E-state index contributed by atoms with van der Waals surface area (Å²) in [5, 5.41) is 8.26. The van der Waals surface area contributed by atoms with Gasteiger partial charge < -0.3 is 19.5 Å². The van der Waals surface area contributed by atoms with Gasteiger partial charge in [-0.25, -0.2) is 4.79 Å². The van der Waals surface area contributed by atoms with Crippen LogP contribution in [0.4, 0.5) is 0 Å². The van der Waals surface area contributed by atoms with Crippen LogP contribution in [-0.4, -0.2) is 24.4 Å². The van der Waals surface area contributed by atoms with Gasteiger partial charge in [-0.2, -0.15) is 0 Å². The second-order valence-corrected chi connectivity index (χ2v) is 10.4. The zero-order chi connectivity index (χ0) is 26.3. The topological polar surface area (TPSA) is 102 Å². The summed E-state index contributed by atoms with van der Waals surface area (Å²) < 4.78 is 11.3. The fourth-order valence-electron chi connectivity index (χ4n) is 4.76. The number of benzene rings is 2. The average molecular weight is 521 g/mol. The van der Waals surface area contributed by atoms with Crippen LogP contribution in [0.2, 0.25) is 5.02 Å². The van der Waals surface area contributed by atoms with E-state index in [9.17, 15) is 14.4 Å². The molecule has 7 nitrogen and oxygen atoms in total. The number of hydrogen-bond donors (Lipinski definition) is 2. The number of fused-ring (bicyclic) bond motifs is 2. The largest absolute Gasteiger partial charge is 0.464 e. The molecule has 0 spiro atoms. The van der Waals surface area contributed by atoms with E-state index in [1.807, 2.05) is 39.0 Å². The Morgan fingerprint density at radius 3 is 2.46 bits per heavy atom. The molecule has 0 aliphatic heterocycles. The van der Waals surface area contributed by atoms with Crippen LogP contribution < -0.4 is 16.3 Å². The summed E-state index contributed by atoms with van der Waals surface area (Å²) in [5.74, 6) is -0.582. The molecule has 0 saturated heterocycles. The molecule has 37 heavy (non-hydrogen) atoms. The van der Waals surface area contributed by atoms with Crippen LogP contribution in [0.25, 0.3) is 21.9 Å². The molecule has 0 unspecified atom stereocenters. The quantitative estimate of drug-likeness (QED) is 0.310. The lowest BCUT2D eigenvalue weighted by molar-refractivity contribution is -0.123. The van der Waals surface area contributed by atoms with Gasteiger partial charge >= 0.3 is 5.63 Å². The van der Waals surface area contributed by atoms with E-state index in [-0.39, 0.29) is 43.2 Å². The lowest BCUT2D eigenvalue weighted by atomic mass is 9.95. The predicted molar refractivity (Wildman–Crippen MR) is 143 cm³/mol. The van der Waals surface area contributed by atoms with Crippen molar-refractivity contribution in [2.45, 2.75) is 58.4 Å². The highest BCUT2D eigenvalue weighted by Crippen LogP contribution is 2.32. The third-order valence-corrected chi connectivity index (χ3v) is 7.39. The van der Waals surface area contributed by atoms with Crippen molar-refractivity contribution in [2.24, 2.45) is 0 Å². The molecule has 4 aromatic rings. The monoisotopic (exact) mass is 520 g/mol. The Labute approximate surface area is 219 Å². The van der Waals surface area contributed by atoms with E-state index >= 15 is 0 Å². The highest BCUT2D eigenvalue weighted by atomic mass is 35.5. The van der Waals surface area contributed by atoms with Gasteiger partial charge in [0.2, 0.25) is 11.8 Å². The molecule has 8 heteroatoms. The van der Waals surface area contributed by atoms with E-state index in [0.29, 0.717) is 27.3 Å². The minimum atomic E-state index is -0.538. The molecule has 0 bridgehead atoms. The Morgan fingerprint density at radius 2 is 1.76 bits per heavy atom. The number of aryl methyl sites for hydroxylation is 3. The van der Waals surface area contributed by atoms with Crippen LogP contribution in [0.1, 0.15) is 53.0 Å². The molecule has 1 aliphatic rings. The molecule has 2 N–H and O–H groups in total. The summed E-state index contributed by atoms with van der Waals surface area (Å²) in [6.45, 7) is 5.91. The van der Waals surface area contributed by atoms with Gasteiger partial charge in [0.25, 0.3) is 0 Å². The Balaban J connectivity index is 1.35. The van der Waals surface area contributed by atoms with Crippen molar-refractivity contribution >= 4 is 45.4 Å². The van der Waals surface area contributed by atoms with Gasteiger partial charge in [0.1, 0.15) is 11.2 Å². The molecule has 1 atom stereocenters. The second-order valence-electron chi connectivity index (χ2n) is 9.94. The van der Waals surface area contributed by atoms with Crippen molar-refractivity contribution < 1.29 is 18.4 Å². The zero-order valence-electron chi connectivity index (χ0n) is 21.1. The SMILES string of the molecule is Cc1coc2c(C)c3oc(=O)c(CC(=O)NC[C@@H](CC(=O)NC4CC4)c4ccc(Cl)cc4)c(C)c3cc12. The zero-order valence-corrected chi connectivity index (χ0v) is 21.8. The molecule has 1 fully saturated rings. The summed E-state index contributed by atoms with van der Waals surface area (Å²) in [4.78, 5) is 38.4. The number of amides is 2. The van der Waals surface area contributed by atoms with E-state index in [1.54, 1.807) is 18.4 Å². The molecular formula is C29H29ClN2O5. The molecule has 192 valence electrons. The van der Waals surface area contributed by atoms with E-state index < -0.39 is 5.63 Å². The number of hydrogen-bond acceptors (Lipinski definition) is 5. The van der Waals surface area contributed by atoms with Gasteiger partial charge in [-0.05, 0) is 68.5 Å². The van der Waals surface area contributed by atoms with Crippen molar-refractivity contribution in [1.29, 1.82) is 0 Å². The second kappa shape index (κ2) is 10.1. The van der Waals surface area contributed by atoms with Crippen LogP contribution in [0, 0.1) is 20.8 Å². The third kappa shape index (κ3) is 5.27. The fraction of sp³-hybridized carbons (Fsp3) is 0.345. The summed E-state index contributed by atoms with van der Waals surface area (Å²) in [5.41, 5.74) is 4.31. The summed E-state index contributed by atoms with van der Waals surface area (Å²) in [7, 11) is 0. The van der Waals surface area contributed by atoms with Crippen LogP contribution in [-0.2, 0) is 16.0 Å². The number of rotatable bonds is 8. The highest BCUT2D eigenvalue weighted by Gasteiger charge is 2.26. The van der Waals surface area contributed by atoms with Crippen LogP contribution >= 0.6 is 11.6 Å². The van der Waals surface area contributed by atoms with Crippen molar-refractivity contribution in [2.75, 3.05) is 6.54 Å². The molecule has 2 aromatic carbocycles. The molecular weight excluding hydrogens is 492 g/mol. The van der Waals surface area contributed by atoms with Crippen molar-refractivity contribution in [3.8, 4) is 0 Å². The molecule has 2 amide bonds. The van der Waals surface area contributed by atoms with E-state index in [0.717, 1.165) is 40.3 Å². The Kier molecular flexibility index (Phi) is 6.82. The van der Waals surface area contributed by atoms with Crippen LogP contribution in [0.3, 0.4) is 0 Å². The number of halogens is 1. The Morgan fingerprint density at radius 1 is 1.03 bits per heavy atom. The fourth-order valence-corrected chi connectivity index (χ4v) is 4.89. The van der Waals surface area contributed by atoms with Gasteiger partial charge in [-0.15, -0.1) is 0 Å². The Hall–Kier alpha value is -3.58. The molecule has 2 aromatic heterocycles. The molecule has 1 aliphatic carbocycles. The highest BCUT2D eigenvalue weighted by molar-refractivity contribution is 6.30. The first-order valence-electron chi connectivity index (χ1n) is 12.5. The van der Waals surface area contributed by atoms with Gasteiger partial charge in [0.05, 0.1) is 18.2 Å². The predicted octanol–water partition coefficient (Wildman–Crippen LogP) is 5.23. The summed E-state index contributed by atoms with van der Waals surface area (Å²) >= 11 is 6.04. The number of carbonyl (C=O) groups is 2. The van der Waals surface area contributed by atoms with Gasteiger partial charge in [-0.3, -0.25) is 9.59 Å². The minimum Gasteiger partial charge on any atom is -0.464 e. The maximum absolute atomic E-state index is 13.0. The minimum absolute atomic E-state index is 0.0426. The van der Waals surface area contributed by atoms with Crippen molar-refractivity contribution in [1.82, 2.24) is 10.6 Å². The van der Waals surface area contributed by atoms with Crippen molar-refractivity contribution in [3.63, 3.8) is 0 Å². The maximum Gasteiger partial charge on any atom is 0.340 e. The lowest BCUT2D eigenvalue weighted by Crippen LogP contribution is -2.34. The molecule has 1 saturated carbocycles. The normalized spacial score (nSPS) is 14.2. The molecule has 5 rings (SSSR count). The Bertz CT molecular complexity index is 1560. The van der Waals surface area contributed by atoms with Crippen molar-refractivity contribution in [3.05, 3.63) is 79.9 Å². The van der Waals surface area contributed by atoms with Crippen LogP contribution in [0.15, 0.2) is 50.2 Å². The summed E-state index contributed by atoms with van der Waals surface area (Å²) in [6.07, 6.45) is 3.82. The molecule has 0 radical (unpaired) electrons. The maximum atomic E-state index is 13.0. The first kappa shape index (κ1) is 25.1. The molecule has 2 heterocycles. The number of furan rings is 1. The smallest absolute Gasteiger partial charge is 0.340 e. The standard InChI is InChI=1S/C29H29ClN2O5/c1-15-14-36-27-17(3)28-23(11-22(15)27)16(2)24(29(35)37-28)12-25(33)31-13-19(10-26(34)32-21-8-9-21)18-4-6-20(30)7-5-18/h4-7,11,14,19,21H,8-10,12-13H2,1-3H3,(H,31,33)(H,32,34)/t19-/m1/s1. The first-order valence-corrected chi connectivity index (χ1v) is 12.8.